The molecule has 0 saturated heterocycles. The van der Waals surface area contributed by atoms with E-state index in [0.29, 0.717) is 16.9 Å². The molecule has 6 heteroatoms. The Kier molecular flexibility index (Phi) is 5.15. The number of benzene rings is 2. The van der Waals surface area contributed by atoms with Gasteiger partial charge in [0.05, 0.1) is 42.3 Å². The molecule has 0 spiro atoms. The smallest absolute Gasteiger partial charge is 0.340 e. The zero-order chi connectivity index (χ0) is 16.8. The number of nitrogens with one attached hydrogen (secondary N) is 1. The van der Waals surface area contributed by atoms with Crippen molar-refractivity contribution in [1.82, 2.24) is 0 Å². The standard InChI is InChI=1S/C17H15FN2O3/c1-3-23-17(21)13-6-4-11(10-19)8-15(13)20-14-7-5-12(18)9-16(14)22-2/h4-9,20H,3H2,1-2H3. The maximum atomic E-state index is 13.3. The first kappa shape index (κ1) is 16.3. The quantitative estimate of drug-likeness (QED) is 0.853. The summed E-state index contributed by atoms with van der Waals surface area (Å²) in [5.74, 6) is -0.675. The Morgan fingerprint density at radius 1 is 1.26 bits per heavy atom. The van der Waals surface area contributed by atoms with Gasteiger partial charge in [0.1, 0.15) is 11.6 Å². The Morgan fingerprint density at radius 2 is 2.04 bits per heavy atom. The molecule has 23 heavy (non-hydrogen) atoms. The lowest BCUT2D eigenvalue weighted by atomic mass is 10.1. The third-order valence-electron chi connectivity index (χ3n) is 3.08. The Hall–Kier alpha value is -3.07. The van der Waals surface area contributed by atoms with Gasteiger partial charge in [0.25, 0.3) is 0 Å². The third kappa shape index (κ3) is 3.77. The van der Waals surface area contributed by atoms with Gasteiger partial charge in [0.2, 0.25) is 0 Å². The van der Waals surface area contributed by atoms with Crippen molar-refractivity contribution in [1.29, 1.82) is 5.26 Å². The Balaban J connectivity index is 2.45. The highest BCUT2D eigenvalue weighted by atomic mass is 19.1. The summed E-state index contributed by atoms with van der Waals surface area (Å²) in [6, 6.07) is 10.5. The van der Waals surface area contributed by atoms with E-state index in [9.17, 15) is 9.18 Å². The number of carbonyl (C=O) groups excluding carboxylic acids is 1. The molecule has 0 aromatic heterocycles. The lowest BCUT2D eigenvalue weighted by Crippen LogP contribution is -2.08. The minimum absolute atomic E-state index is 0.234. The minimum Gasteiger partial charge on any atom is -0.494 e. The molecule has 0 unspecified atom stereocenters. The Bertz CT molecular complexity index is 769. The van der Waals surface area contributed by atoms with Crippen LogP contribution in [0.1, 0.15) is 22.8 Å². The van der Waals surface area contributed by atoms with Crippen LogP contribution >= 0.6 is 0 Å². The van der Waals surface area contributed by atoms with Crippen molar-refractivity contribution in [3.05, 3.63) is 53.3 Å². The van der Waals surface area contributed by atoms with Crippen LogP contribution in [-0.2, 0) is 4.74 Å². The summed E-state index contributed by atoms with van der Waals surface area (Å²) in [6.45, 7) is 1.94. The van der Waals surface area contributed by atoms with Crippen molar-refractivity contribution in [2.45, 2.75) is 6.92 Å². The van der Waals surface area contributed by atoms with E-state index >= 15 is 0 Å². The van der Waals surface area contributed by atoms with Gasteiger partial charge in [0.15, 0.2) is 0 Å². The van der Waals surface area contributed by atoms with E-state index < -0.39 is 11.8 Å². The fraction of sp³-hybridized carbons (Fsp3) is 0.176. The molecule has 0 bridgehead atoms. The highest BCUT2D eigenvalue weighted by Gasteiger charge is 2.15. The van der Waals surface area contributed by atoms with Gasteiger partial charge in [-0.15, -0.1) is 0 Å². The number of carbonyl (C=O) groups is 1. The number of esters is 1. The number of rotatable bonds is 5. The summed E-state index contributed by atoms with van der Waals surface area (Å²) < 4.78 is 23.4. The number of anilines is 2. The van der Waals surface area contributed by atoms with E-state index in [4.69, 9.17) is 14.7 Å². The second kappa shape index (κ2) is 7.27. The van der Waals surface area contributed by atoms with Crippen LogP contribution in [0, 0.1) is 17.1 Å². The highest BCUT2D eigenvalue weighted by molar-refractivity contribution is 5.97. The first-order valence-electron chi connectivity index (χ1n) is 6.91. The number of ether oxygens (including phenoxy) is 2. The average molecular weight is 314 g/mol. The van der Waals surface area contributed by atoms with Gasteiger partial charge < -0.3 is 14.8 Å². The van der Waals surface area contributed by atoms with E-state index in [-0.39, 0.29) is 17.9 Å². The molecule has 0 aliphatic carbocycles. The molecule has 118 valence electrons. The number of hydrogen-bond acceptors (Lipinski definition) is 5. The SMILES string of the molecule is CCOC(=O)c1ccc(C#N)cc1Nc1ccc(F)cc1OC. The first-order chi connectivity index (χ1) is 11.1. The molecule has 0 heterocycles. The van der Waals surface area contributed by atoms with Crippen LogP contribution in [0.3, 0.4) is 0 Å². The van der Waals surface area contributed by atoms with Crippen LogP contribution in [0.15, 0.2) is 36.4 Å². The second-order valence-corrected chi connectivity index (χ2v) is 4.56. The van der Waals surface area contributed by atoms with Gasteiger partial charge in [-0.25, -0.2) is 9.18 Å². The summed E-state index contributed by atoms with van der Waals surface area (Å²) in [5.41, 5.74) is 1.50. The van der Waals surface area contributed by atoms with E-state index in [1.54, 1.807) is 6.92 Å². The predicted molar refractivity (Wildman–Crippen MR) is 83.3 cm³/mol. The maximum absolute atomic E-state index is 13.3. The summed E-state index contributed by atoms with van der Waals surface area (Å²) in [4.78, 5) is 12.0. The summed E-state index contributed by atoms with van der Waals surface area (Å²) in [6.07, 6.45) is 0. The summed E-state index contributed by atoms with van der Waals surface area (Å²) in [7, 11) is 1.41. The van der Waals surface area contributed by atoms with Crippen molar-refractivity contribution in [3.63, 3.8) is 0 Å². The number of hydrogen-bond donors (Lipinski definition) is 1. The molecule has 1 N–H and O–H groups in total. The monoisotopic (exact) mass is 314 g/mol. The lowest BCUT2D eigenvalue weighted by molar-refractivity contribution is 0.0527. The van der Waals surface area contributed by atoms with Crippen molar-refractivity contribution < 1.29 is 18.7 Å². The number of halogens is 1. The molecule has 5 nitrogen and oxygen atoms in total. The fourth-order valence-electron chi connectivity index (χ4n) is 2.02. The van der Waals surface area contributed by atoms with Crippen molar-refractivity contribution in [2.75, 3.05) is 19.0 Å². The Labute approximate surface area is 133 Å². The molecule has 0 saturated carbocycles. The number of nitriles is 1. The van der Waals surface area contributed by atoms with Crippen LogP contribution in [-0.4, -0.2) is 19.7 Å². The van der Waals surface area contributed by atoms with Gasteiger partial charge in [0, 0.05) is 6.07 Å². The molecule has 0 atom stereocenters. The van der Waals surface area contributed by atoms with Crippen LogP contribution in [0.4, 0.5) is 15.8 Å². The zero-order valence-electron chi connectivity index (χ0n) is 12.7. The number of nitrogens with zero attached hydrogens (tertiary/aromatic N) is 1. The van der Waals surface area contributed by atoms with Gasteiger partial charge in [-0.1, -0.05) is 0 Å². The van der Waals surface area contributed by atoms with Crippen molar-refractivity contribution in [3.8, 4) is 11.8 Å². The van der Waals surface area contributed by atoms with Crippen molar-refractivity contribution >= 4 is 17.3 Å². The van der Waals surface area contributed by atoms with Gasteiger partial charge in [-0.2, -0.15) is 5.26 Å². The highest BCUT2D eigenvalue weighted by Crippen LogP contribution is 2.30. The molecule has 2 aromatic carbocycles. The van der Waals surface area contributed by atoms with Gasteiger partial charge >= 0.3 is 5.97 Å². The van der Waals surface area contributed by atoms with Crippen LogP contribution in [0.2, 0.25) is 0 Å². The van der Waals surface area contributed by atoms with E-state index in [2.05, 4.69) is 5.32 Å². The molecule has 2 aromatic rings. The maximum Gasteiger partial charge on any atom is 0.340 e. The predicted octanol–water partition coefficient (Wildman–Crippen LogP) is 3.63. The van der Waals surface area contributed by atoms with Gasteiger partial charge in [-0.05, 0) is 37.3 Å². The third-order valence-corrected chi connectivity index (χ3v) is 3.08. The zero-order valence-corrected chi connectivity index (χ0v) is 12.7. The molecule has 0 amide bonds. The molecule has 0 aliphatic rings. The van der Waals surface area contributed by atoms with E-state index in [0.717, 1.165) is 0 Å². The summed E-state index contributed by atoms with van der Waals surface area (Å²) >= 11 is 0. The molecule has 2 rings (SSSR count). The molecular weight excluding hydrogens is 299 g/mol. The number of methoxy groups -OCH3 is 1. The van der Waals surface area contributed by atoms with Crippen LogP contribution < -0.4 is 10.1 Å². The average Bonchev–Trinajstić information content (AvgIpc) is 2.56. The molecular formula is C17H15FN2O3. The normalized spacial score (nSPS) is 9.83. The minimum atomic E-state index is -0.513. The van der Waals surface area contributed by atoms with Crippen LogP contribution in [0.5, 0.6) is 5.75 Å². The Morgan fingerprint density at radius 3 is 2.70 bits per heavy atom. The molecule has 0 radical (unpaired) electrons. The summed E-state index contributed by atoms with van der Waals surface area (Å²) in [5, 5.41) is 12.0. The second-order valence-electron chi connectivity index (χ2n) is 4.56. The largest absolute Gasteiger partial charge is 0.494 e. The molecule has 0 aliphatic heterocycles. The molecule has 0 fully saturated rings. The van der Waals surface area contributed by atoms with Crippen LogP contribution in [0.25, 0.3) is 0 Å². The topological polar surface area (TPSA) is 71.4 Å². The first-order valence-corrected chi connectivity index (χ1v) is 6.91. The van der Waals surface area contributed by atoms with Crippen molar-refractivity contribution in [2.24, 2.45) is 0 Å². The van der Waals surface area contributed by atoms with E-state index in [1.165, 1.54) is 43.5 Å². The van der Waals surface area contributed by atoms with E-state index in [1.807, 2.05) is 6.07 Å². The lowest BCUT2D eigenvalue weighted by Gasteiger charge is -2.14. The van der Waals surface area contributed by atoms with Gasteiger partial charge in [-0.3, -0.25) is 0 Å². The fourth-order valence-corrected chi connectivity index (χ4v) is 2.02.